The highest BCUT2D eigenvalue weighted by atomic mass is 32.2. The quantitative estimate of drug-likeness (QED) is 0.852. The van der Waals surface area contributed by atoms with Crippen LogP contribution >= 0.6 is 11.8 Å². The van der Waals surface area contributed by atoms with Gasteiger partial charge in [-0.1, -0.05) is 0 Å². The number of fused-ring (bicyclic) bond motifs is 1. The van der Waals surface area contributed by atoms with Crippen molar-refractivity contribution in [2.24, 2.45) is 0 Å². The predicted octanol–water partition coefficient (Wildman–Crippen LogP) is 2.03. The van der Waals surface area contributed by atoms with Crippen molar-refractivity contribution in [1.29, 1.82) is 0 Å². The fourth-order valence-electron chi connectivity index (χ4n) is 1.62. The molecule has 0 saturated heterocycles. The average molecular weight is 224 g/mol. The Morgan fingerprint density at radius 1 is 1.27 bits per heavy atom. The molecule has 80 valence electrons. The largest absolute Gasteiger partial charge is 0.454 e. The van der Waals surface area contributed by atoms with Gasteiger partial charge in [-0.25, -0.2) is 0 Å². The fourth-order valence-corrected chi connectivity index (χ4v) is 2.80. The minimum atomic E-state index is 0.0771. The third-order valence-corrected chi connectivity index (χ3v) is 4.23. The summed E-state index contributed by atoms with van der Waals surface area (Å²) in [5.74, 6) is 1.63. The average Bonchev–Trinajstić information content (AvgIpc) is 2.88. The number of ether oxygens (including phenoxy) is 2. The summed E-state index contributed by atoms with van der Waals surface area (Å²) in [6, 6.07) is 5.94. The van der Waals surface area contributed by atoms with E-state index in [0.29, 0.717) is 6.79 Å². The van der Waals surface area contributed by atoms with Crippen molar-refractivity contribution >= 4 is 11.8 Å². The molecule has 0 spiro atoms. The SMILES string of the molecule is OCC1(Sc2ccc3c(c2)OCO3)CC1. The van der Waals surface area contributed by atoms with Gasteiger partial charge in [-0.3, -0.25) is 0 Å². The van der Waals surface area contributed by atoms with Gasteiger partial charge in [-0.2, -0.15) is 0 Å². The van der Waals surface area contributed by atoms with Crippen LogP contribution in [0.2, 0.25) is 0 Å². The Kier molecular flexibility index (Phi) is 2.07. The summed E-state index contributed by atoms with van der Waals surface area (Å²) < 4.78 is 10.6. The van der Waals surface area contributed by atoms with E-state index >= 15 is 0 Å². The maximum Gasteiger partial charge on any atom is 0.231 e. The molecule has 1 fully saturated rings. The first-order valence-electron chi connectivity index (χ1n) is 5.01. The Morgan fingerprint density at radius 2 is 2.07 bits per heavy atom. The summed E-state index contributed by atoms with van der Waals surface area (Å²) in [5, 5.41) is 9.23. The zero-order chi connectivity index (χ0) is 10.3. The van der Waals surface area contributed by atoms with Crippen molar-refractivity contribution in [3.05, 3.63) is 18.2 Å². The van der Waals surface area contributed by atoms with Gasteiger partial charge in [0.15, 0.2) is 11.5 Å². The second-order valence-corrected chi connectivity index (χ2v) is 5.50. The molecule has 1 aliphatic carbocycles. The van der Waals surface area contributed by atoms with E-state index in [1.54, 1.807) is 11.8 Å². The van der Waals surface area contributed by atoms with Gasteiger partial charge in [0.05, 0.1) is 6.61 Å². The molecule has 1 N–H and O–H groups in total. The Morgan fingerprint density at radius 3 is 2.80 bits per heavy atom. The molecule has 1 aromatic rings. The molecule has 3 rings (SSSR count). The van der Waals surface area contributed by atoms with E-state index in [2.05, 4.69) is 0 Å². The van der Waals surface area contributed by atoms with Crippen LogP contribution in [0.25, 0.3) is 0 Å². The lowest BCUT2D eigenvalue weighted by Crippen LogP contribution is -2.07. The van der Waals surface area contributed by atoms with Gasteiger partial charge in [0.2, 0.25) is 6.79 Å². The van der Waals surface area contributed by atoms with E-state index in [4.69, 9.17) is 9.47 Å². The standard InChI is InChI=1S/C11H12O3S/c12-6-11(3-4-11)15-8-1-2-9-10(5-8)14-7-13-9/h1-2,5,12H,3-4,6-7H2. The number of hydrogen-bond donors (Lipinski definition) is 1. The molecular weight excluding hydrogens is 212 g/mol. The van der Waals surface area contributed by atoms with E-state index < -0.39 is 0 Å². The zero-order valence-corrected chi connectivity index (χ0v) is 9.05. The number of benzene rings is 1. The molecule has 3 nitrogen and oxygen atoms in total. The first kappa shape index (κ1) is 9.36. The van der Waals surface area contributed by atoms with Crippen LogP contribution in [0.4, 0.5) is 0 Å². The Bertz CT molecular complexity index is 387. The van der Waals surface area contributed by atoms with Crippen LogP contribution in [0.5, 0.6) is 11.5 Å². The summed E-state index contributed by atoms with van der Waals surface area (Å²) in [6.45, 7) is 0.570. The number of rotatable bonds is 3. The van der Waals surface area contributed by atoms with Crippen LogP contribution in [-0.4, -0.2) is 23.3 Å². The molecule has 4 heteroatoms. The van der Waals surface area contributed by atoms with Crippen molar-refractivity contribution in [2.45, 2.75) is 22.5 Å². The van der Waals surface area contributed by atoms with Crippen LogP contribution in [0, 0.1) is 0 Å². The lowest BCUT2D eigenvalue weighted by Gasteiger charge is -2.11. The summed E-state index contributed by atoms with van der Waals surface area (Å²) >= 11 is 1.74. The van der Waals surface area contributed by atoms with Gasteiger partial charge in [-0.05, 0) is 31.0 Å². The molecule has 0 bridgehead atoms. The lowest BCUT2D eigenvalue weighted by molar-refractivity contribution is 0.174. The Hall–Kier alpha value is -0.870. The van der Waals surface area contributed by atoms with Crippen molar-refractivity contribution in [3.8, 4) is 11.5 Å². The molecule has 0 aromatic heterocycles. The van der Waals surface area contributed by atoms with Crippen LogP contribution < -0.4 is 9.47 Å². The zero-order valence-electron chi connectivity index (χ0n) is 8.23. The molecule has 0 unspecified atom stereocenters. The van der Waals surface area contributed by atoms with Crippen molar-refractivity contribution in [1.82, 2.24) is 0 Å². The van der Waals surface area contributed by atoms with E-state index in [0.717, 1.165) is 29.2 Å². The second kappa shape index (κ2) is 3.32. The topological polar surface area (TPSA) is 38.7 Å². The molecule has 15 heavy (non-hydrogen) atoms. The van der Waals surface area contributed by atoms with Crippen LogP contribution in [0.1, 0.15) is 12.8 Å². The molecule has 1 heterocycles. The number of thioether (sulfide) groups is 1. The fraction of sp³-hybridized carbons (Fsp3) is 0.455. The molecule has 0 atom stereocenters. The monoisotopic (exact) mass is 224 g/mol. The molecule has 0 amide bonds. The van der Waals surface area contributed by atoms with Gasteiger partial charge in [0.25, 0.3) is 0 Å². The smallest absolute Gasteiger partial charge is 0.231 e. The third kappa shape index (κ3) is 1.68. The normalized spacial score (nSPS) is 20.3. The first-order valence-corrected chi connectivity index (χ1v) is 5.83. The van der Waals surface area contributed by atoms with Gasteiger partial charge >= 0.3 is 0 Å². The summed E-state index contributed by atoms with van der Waals surface area (Å²) in [4.78, 5) is 1.14. The Balaban J connectivity index is 1.81. The minimum Gasteiger partial charge on any atom is -0.454 e. The molecular formula is C11H12O3S. The summed E-state index contributed by atoms with van der Waals surface area (Å²) in [6.07, 6.45) is 2.20. The first-order chi connectivity index (χ1) is 7.31. The summed E-state index contributed by atoms with van der Waals surface area (Å²) in [7, 11) is 0. The number of aliphatic hydroxyl groups excluding tert-OH is 1. The van der Waals surface area contributed by atoms with E-state index in [9.17, 15) is 5.11 Å². The lowest BCUT2D eigenvalue weighted by atomic mass is 10.3. The second-order valence-electron chi connectivity index (χ2n) is 3.96. The van der Waals surface area contributed by atoms with E-state index in [1.165, 1.54) is 0 Å². The van der Waals surface area contributed by atoms with Crippen molar-refractivity contribution in [3.63, 3.8) is 0 Å². The van der Waals surface area contributed by atoms with Gasteiger partial charge in [0.1, 0.15) is 0 Å². The molecule has 0 radical (unpaired) electrons. The number of aliphatic hydroxyl groups is 1. The minimum absolute atomic E-state index is 0.0771. The maximum absolute atomic E-state index is 9.23. The predicted molar refractivity (Wildman–Crippen MR) is 57.5 cm³/mol. The van der Waals surface area contributed by atoms with Crippen LogP contribution in [0.3, 0.4) is 0 Å². The highest BCUT2D eigenvalue weighted by molar-refractivity contribution is 8.01. The van der Waals surface area contributed by atoms with Gasteiger partial charge in [0, 0.05) is 9.64 Å². The molecule has 2 aliphatic rings. The molecule has 1 aromatic carbocycles. The van der Waals surface area contributed by atoms with E-state index in [-0.39, 0.29) is 11.4 Å². The Labute approximate surface area is 92.4 Å². The van der Waals surface area contributed by atoms with Crippen LogP contribution in [-0.2, 0) is 0 Å². The van der Waals surface area contributed by atoms with Crippen molar-refractivity contribution < 1.29 is 14.6 Å². The third-order valence-electron chi connectivity index (χ3n) is 2.77. The van der Waals surface area contributed by atoms with Gasteiger partial charge < -0.3 is 14.6 Å². The maximum atomic E-state index is 9.23. The summed E-state index contributed by atoms with van der Waals surface area (Å²) in [5.41, 5.74) is 0. The number of hydrogen-bond acceptors (Lipinski definition) is 4. The highest BCUT2D eigenvalue weighted by Crippen LogP contribution is 2.52. The van der Waals surface area contributed by atoms with Crippen LogP contribution in [0.15, 0.2) is 23.1 Å². The van der Waals surface area contributed by atoms with E-state index in [1.807, 2.05) is 18.2 Å². The highest BCUT2D eigenvalue weighted by Gasteiger charge is 2.43. The van der Waals surface area contributed by atoms with Crippen molar-refractivity contribution in [2.75, 3.05) is 13.4 Å². The van der Waals surface area contributed by atoms with Gasteiger partial charge in [-0.15, -0.1) is 11.8 Å². The molecule has 1 saturated carbocycles. The molecule has 1 aliphatic heterocycles.